The summed E-state index contributed by atoms with van der Waals surface area (Å²) in [6.45, 7) is 0. The number of aliphatic carboxylic acids is 1. The van der Waals surface area contributed by atoms with Crippen LogP contribution in [-0.2, 0) is 9.59 Å². The smallest absolute Gasteiger partial charge is 0.331 e. The predicted octanol–water partition coefficient (Wildman–Crippen LogP) is -0.836. The molecule has 5 heteroatoms. The van der Waals surface area contributed by atoms with Crippen LogP contribution in [-0.4, -0.2) is 22.4 Å². The van der Waals surface area contributed by atoms with Gasteiger partial charge in [0.25, 0.3) is 0 Å². The quantitative estimate of drug-likeness (QED) is 0.385. The van der Waals surface area contributed by atoms with E-state index in [1.165, 1.54) is 0 Å². The first kappa shape index (κ1) is 7.23. The van der Waals surface area contributed by atoms with Crippen LogP contribution in [0.25, 0.3) is 0 Å². The maximum Gasteiger partial charge on any atom is 0.331 e. The van der Waals surface area contributed by atoms with Gasteiger partial charge in [-0.15, -0.1) is 0 Å². The summed E-state index contributed by atoms with van der Waals surface area (Å²) in [5, 5.41) is 6.32. The Morgan fingerprint density at radius 1 is 1.62 bits per heavy atom. The Bertz CT molecular complexity index is 110. The van der Waals surface area contributed by atoms with E-state index < -0.39 is 17.3 Å². The van der Waals surface area contributed by atoms with Crippen molar-refractivity contribution in [3.05, 3.63) is 0 Å². The SMILES string of the molecule is NC(=O)[C@@H](Cl)C(=O)O. The number of halogens is 1. The van der Waals surface area contributed by atoms with E-state index in [0.29, 0.717) is 0 Å². The standard InChI is InChI=1S/C3H4ClNO3/c4-1(2(5)6)3(7)8/h1H,(H2,5,6)(H,7,8)/t1-/m1/s1. The first-order valence-corrected chi connectivity index (χ1v) is 2.15. The minimum Gasteiger partial charge on any atom is -0.480 e. The highest BCUT2D eigenvalue weighted by molar-refractivity contribution is 6.40. The van der Waals surface area contributed by atoms with Gasteiger partial charge in [0.2, 0.25) is 11.3 Å². The predicted molar refractivity (Wildman–Crippen MR) is 26.5 cm³/mol. The van der Waals surface area contributed by atoms with Crippen molar-refractivity contribution in [3.63, 3.8) is 0 Å². The molecular weight excluding hydrogens is 133 g/mol. The maximum atomic E-state index is 9.85. The molecule has 0 saturated carbocycles. The number of carboxylic acids is 1. The topological polar surface area (TPSA) is 80.4 Å². The largest absolute Gasteiger partial charge is 0.480 e. The summed E-state index contributed by atoms with van der Waals surface area (Å²) in [5.74, 6) is -2.46. The van der Waals surface area contributed by atoms with Gasteiger partial charge in [-0.05, 0) is 0 Å². The second-order valence-electron chi connectivity index (χ2n) is 1.10. The number of alkyl halides is 1. The lowest BCUT2D eigenvalue weighted by Crippen LogP contribution is -2.30. The zero-order valence-electron chi connectivity index (χ0n) is 3.80. The Morgan fingerprint density at radius 3 is 2.00 bits per heavy atom. The van der Waals surface area contributed by atoms with E-state index in [2.05, 4.69) is 5.73 Å². The zero-order valence-corrected chi connectivity index (χ0v) is 4.55. The lowest BCUT2D eigenvalue weighted by Gasteiger charge is -1.93. The van der Waals surface area contributed by atoms with E-state index >= 15 is 0 Å². The number of hydrogen-bond acceptors (Lipinski definition) is 2. The summed E-state index contributed by atoms with van der Waals surface area (Å²) >= 11 is 4.88. The normalized spacial score (nSPS) is 12.6. The third-order valence-corrected chi connectivity index (χ3v) is 0.868. The van der Waals surface area contributed by atoms with Crippen molar-refractivity contribution in [2.24, 2.45) is 5.73 Å². The number of carbonyl (C=O) groups is 2. The minimum absolute atomic E-state index is 1.04. The molecule has 0 rings (SSSR count). The van der Waals surface area contributed by atoms with E-state index in [1.807, 2.05) is 0 Å². The molecule has 1 amide bonds. The van der Waals surface area contributed by atoms with E-state index in [-0.39, 0.29) is 0 Å². The van der Waals surface area contributed by atoms with Gasteiger partial charge in [-0.3, -0.25) is 9.59 Å². The highest BCUT2D eigenvalue weighted by atomic mass is 35.5. The number of primary amides is 1. The Balaban J connectivity index is 3.83. The molecule has 46 valence electrons. The molecule has 8 heavy (non-hydrogen) atoms. The average molecular weight is 138 g/mol. The molecule has 0 aromatic rings. The van der Waals surface area contributed by atoms with Crippen LogP contribution in [0.5, 0.6) is 0 Å². The molecule has 3 N–H and O–H groups in total. The van der Waals surface area contributed by atoms with E-state index in [4.69, 9.17) is 16.7 Å². The van der Waals surface area contributed by atoms with Crippen molar-refractivity contribution in [3.8, 4) is 0 Å². The first-order chi connectivity index (χ1) is 3.55. The number of hydrogen-bond donors (Lipinski definition) is 2. The second-order valence-corrected chi connectivity index (χ2v) is 1.54. The Hall–Kier alpha value is -0.770. The van der Waals surface area contributed by atoms with Crippen molar-refractivity contribution >= 4 is 23.5 Å². The molecule has 0 saturated heterocycles. The van der Waals surface area contributed by atoms with Crippen molar-refractivity contribution in [1.82, 2.24) is 0 Å². The van der Waals surface area contributed by atoms with Crippen LogP contribution >= 0.6 is 11.6 Å². The molecule has 4 nitrogen and oxygen atoms in total. The van der Waals surface area contributed by atoms with E-state index in [1.54, 1.807) is 0 Å². The summed E-state index contributed by atoms with van der Waals surface area (Å²) < 4.78 is 0. The van der Waals surface area contributed by atoms with Gasteiger partial charge in [0, 0.05) is 0 Å². The fourth-order valence-electron chi connectivity index (χ4n) is 0.122. The molecule has 1 atom stereocenters. The number of amides is 1. The van der Waals surface area contributed by atoms with Crippen LogP contribution in [0.3, 0.4) is 0 Å². The fraction of sp³-hybridized carbons (Fsp3) is 0.333. The molecule has 0 heterocycles. The van der Waals surface area contributed by atoms with E-state index in [0.717, 1.165) is 0 Å². The van der Waals surface area contributed by atoms with Gasteiger partial charge in [-0.2, -0.15) is 0 Å². The molecular formula is C3H4ClNO3. The lowest BCUT2D eigenvalue weighted by molar-refractivity contribution is -0.139. The third-order valence-electron chi connectivity index (χ3n) is 0.467. The Morgan fingerprint density at radius 2 is 2.00 bits per heavy atom. The maximum absolute atomic E-state index is 9.85. The number of rotatable bonds is 2. The summed E-state index contributed by atoms with van der Waals surface area (Å²) in [4.78, 5) is 19.6. The monoisotopic (exact) mass is 137 g/mol. The van der Waals surface area contributed by atoms with Crippen molar-refractivity contribution in [1.29, 1.82) is 0 Å². The van der Waals surface area contributed by atoms with Gasteiger partial charge in [-0.25, -0.2) is 0 Å². The van der Waals surface area contributed by atoms with Gasteiger partial charge in [0.05, 0.1) is 0 Å². The number of carbonyl (C=O) groups excluding carboxylic acids is 1. The molecule has 0 bridgehead atoms. The van der Waals surface area contributed by atoms with E-state index in [9.17, 15) is 9.59 Å². The van der Waals surface area contributed by atoms with Gasteiger partial charge < -0.3 is 10.8 Å². The highest BCUT2D eigenvalue weighted by Gasteiger charge is 2.18. The fourth-order valence-corrected chi connectivity index (χ4v) is 0.122. The Kier molecular flexibility index (Phi) is 2.27. The Labute approximate surface area is 50.2 Å². The number of carboxylic acid groups (broad SMARTS) is 1. The molecule has 0 unspecified atom stereocenters. The van der Waals surface area contributed by atoms with Crippen molar-refractivity contribution in [2.75, 3.05) is 0 Å². The molecule has 0 aliphatic heterocycles. The van der Waals surface area contributed by atoms with Gasteiger partial charge in [-0.1, -0.05) is 11.6 Å². The van der Waals surface area contributed by atoms with Crippen molar-refractivity contribution in [2.45, 2.75) is 5.38 Å². The molecule has 0 fully saturated rings. The number of nitrogens with two attached hydrogens (primary N) is 1. The van der Waals surface area contributed by atoms with Crippen LogP contribution in [0.15, 0.2) is 0 Å². The highest BCUT2D eigenvalue weighted by Crippen LogP contribution is 1.91. The van der Waals surface area contributed by atoms with Gasteiger partial charge >= 0.3 is 5.97 Å². The van der Waals surface area contributed by atoms with Crippen LogP contribution in [0.4, 0.5) is 0 Å². The second kappa shape index (κ2) is 2.52. The third kappa shape index (κ3) is 1.79. The molecule has 0 aromatic heterocycles. The van der Waals surface area contributed by atoms with Crippen LogP contribution in [0.2, 0.25) is 0 Å². The van der Waals surface area contributed by atoms with Crippen LogP contribution < -0.4 is 5.73 Å². The minimum atomic E-state index is -1.60. The molecule has 0 aromatic carbocycles. The summed E-state index contributed by atoms with van der Waals surface area (Å²) in [6, 6.07) is 0. The molecule has 0 aliphatic carbocycles. The summed E-state index contributed by atoms with van der Waals surface area (Å²) in [7, 11) is 0. The average Bonchev–Trinajstić information content (AvgIpc) is 1.64. The molecule has 0 spiro atoms. The zero-order chi connectivity index (χ0) is 6.73. The molecule has 0 aliphatic rings. The van der Waals surface area contributed by atoms with Crippen LogP contribution in [0.1, 0.15) is 0 Å². The lowest BCUT2D eigenvalue weighted by atomic mass is 10.4. The molecule has 0 radical (unpaired) electrons. The first-order valence-electron chi connectivity index (χ1n) is 1.72. The summed E-state index contributed by atoms with van der Waals surface area (Å²) in [5.41, 5.74) is 4.49. The van der Waals surface area contributed by atoms with Gasteiger partial charge in [0.1, 0.15) is 0 Å². The van der Waals surface area contributed by atoms with Crippen LogP contribution in [0, 0.1) is 0 Å². The summed E-state index contributed by atoms with van der Waals surface area (Å²) in [6.07, 6.45) is 0. The van der Waals surface area contributed by atoms with Gasteiger partial charge in [0.15, 0.2) is 0 Å². The van der Waals surface area contributed by atoms with Crippen molar-refractivity contribution < 1.29 is 14.7 Å².